The summed E-state index contributed by atoms with van der Waals surface area (Å²) in [7, 11) is 2.08. The maximum absolute atomic E-state index is 12.6. The predicted molar refractivity (Wildman–Crippen MR) is 86.7 cm³/mol. The summed E-state index contributed by atoms with van der Waals surface area (Å²) in [5.74, 6) is 0.187. The summed E-state index contributed by atoms with van der Waals surface area (Å²) in [6.45, 7) is 2.89. The molecule has 0 radical (unpaired) electrons. The number of aromatic nitrogens is 1. The van der Waals surface area contributed by atoms with Crippen molar-refractivity contribution in [3.63, 3.8) is 0 Å². The summed E-state index contributed by atoms with van der Waals surface area (Å²) in [6, 6.07) is 12.4. The molecule has 1 fully saturated rings. The normalized spacial score (nSPS) is 20.1. The molecule has 22 heavy (non-hydrogen) atoms. The number of rotatable bonds is 2. The van der Waals surface area contributed by atoms with Gasteiger partial charge >= 0.3 is 0 Å². The van der Waals surface area contributed by atoms with Gasteiger partial charge in [0.05, 0.1) is 5.41 Å². The van der Waals surface area contributed by atoms with Crippen LogP contribution < -0.4 is 5.32 Å². The standard InChI is InChI=1S/C18H21N3O/c1-20-10-4-5-14(20)13-21-11-8-18(9-12-21)15-6-2-3-7-16(15)19-17(18)22/h2-7,10H,8-9,11-13H2,1H3,(H,19,22). The lowest BCUT2D eigenvalue weighted by Gasteiger charge is -2.38. The van der Waals surface area contributed by atoms with Gasteiger partial charge in [0.15, 0.2) is 0 Å². The topological polar surface area (TPSA) is 37.3 Å². The van der Waals surface area contributed by atoms with Crippen LogP contribution in [-0.4, -0.2) is 28.5 Å². The van der Waals surface area contributed by atoms with Gasteiger partial charge in [0.25, 0.3) is 0 Å². The zero-order chi connectivity index (χ0) is 15.2. The number of aryl methyl sites for hydroxylation is 1. The predicted octanol–water partition coefficient (Wildman–Crippen LogP) is 2.51. The van der Waals surface area contributed by atoms with Gasteiger partial charge in [-0.15, -0.1) is 0 Å². The Morgan fingerprint density at radius 1 is 1.14 bits per heavy atom. The van der Waals surface area contributed by atoms with Crippen molar-refractivity contribution >= 4 is 11.6 Å². The summed E-state index contributed by atoms with van der Waals surface area (Å²) >= 11 is 0. The molecule has 1 aromatic carbocycles. The van der Waals surface area contributed by atoms with Gasteiger partial charge in [-0.1, -0.05) is 18.2 Å². The van der Waals surface area contributed by atoms with E-state index in [1.54, 1.807) is 0 Å². The number of hydrogen-bond acceptors (Lipinski definition) is 2. The van der Waals surface area contributed by atoms with E-state index in [0.29, 0.717) is 0 Å². The Labute approximate surface area is 130 Å². The number of anilines is 1. The Morgan fingerprint density at radius 3 is 2.64 bits per heavy atom. The lowest BCUT2D eigenvalue weighted by Crippen LogP contribution is -2.46. The van der Waals surface area contributed by atoms with Gasteiger partial charge in [-0.3, -0.25) is 9.69 Å². The number of likely N-dealkylation sites (tertiary alicyclic amines) is 1. The highest BCUT2D eigenvalue weighted by atomic mass is 16.2. The second-order valence-electron chi connectivity index (χ2n) is 6.47. The molecule has 2 aromatic rings. The zero-order valence-corrected chi connectivity index (χ0v) is 12.9. The lowest BCUT2D eigenvalue weighted by molar-refractivity contribution is -0.122. The Bertz CT molecular complexity index is 711. The minimum absolute atomic E-state index is 0.187. The molecular weight excluding hydrogens is 274 g/mol. The van der Waals surface area contributed by atoms with Crippen LogP contribution in [0.25, 0.3) is 0 Å². The number of amides is 1. The second-order valence-corrected chi connectivity index (χ2v) is 6.47. The third-order valence-corrected chi connectivity index (χ3v) is 5.27. The minimum atomic E-state index is -0.304. The van der Waals surface area contributed by atoms with Gasteiger partial charge in [0, 0.05) is 31.2 Å². The molecule has 4 nitrogen and oxygen atoms in total. The highest BCUT2D eigenvalue weighted by Gasteiger charge is 2.48. The molecule has 0 unspecified atom stereocenters. The van der Waals surface area contributed by atoms with E-state index < -0.39 is 0 Å². The summed E-state index contributed by atoms with van der Waals surface area (Å²) < 4.78 is 2.17. The van der Waals surface area contributed by atoms with E-state index >= 15 is 0 Å². The summed E-state index contributed by atoms with van der Waals surface area (Å²) in [6.07, 6.45) is 3.89. The van der Waals surface area contributed by atoms with E-state index in [9.17, 15) is 4.79 Å². The quantitative estimate of drug-likeness (QED) is 0.924. The minimum Gasteiger partial charge on any atom is -0.353 e. The van der Waals surface area contributed by atoms with Gasteiger partial charge in [-0.2, -0.15) is 0 Å². The maximum atomic E-state index is 12.6. The molecule has 114 valence electrons. The summed E-state index contributed by atoms with van der Waals surface area (Å²) in [5.41, 5.74) is 3.22. The monoisotopic (exact) mass is 295 g/mol. The molecule has 0 saturated carbocycles. The van der Waals surface area contributed by atoms with Crippen LogP contribution in [0.15, 0.2) is 42.6 Å². The van der Waals surface area contributed by atoms with Crippen LogP contribution >= 0.6 is 0 Å². The number of para-hydroxylation sites is 1. The van der Waals surface area contributed by atoms with Crippen LogP contribution in [0.4, 0.5) is 5.69 Å². The van der Waals surface area contributed by atoms with Gasteiger partial charge in [-0.05, 0) is 49.7 Å². The van der Waals surface area contributed by atoms with Crippen molar-refractivity contribution in [2.45, 2.75) is 24.8 Å². The number of nitrogens with zero attached hydrogens (tertiary/aromatic N) is 2. The highest BCUT2D eigenvalue weighted by Crippen LogP contribution is 2.44. The largest absolute Gasteiger partial charge is 0.353 e. The van der Waals surface area contributed by atoms with Gasteiger partial charge in [-0.25, -0.2) is 0 Å². The molecule has 1 amide bonds. The van der Waals surface area contributed by atoms with Crippen LogP contribution in [0.5, 0.6) is 0 Å². The van der Waals surface area contributed by atoms with Crippen molar-refractivity contribution in [3.05, 3.63) is 53.9 Å². The second kappa shape index (κ2) is 4.99. The molecule has 2 aliphatic heterocycles. The van der Waals surface area contributed by atoms with Crippen LogP contribution in [0.1, 0.15) is 24.1 Å². The molecule has 4 heteroatoms. The van der Waals surface area contributed by atoms with E-state index in [4.69, 9.17) is 0 Å². The average molecular weight is 295 g/mol. The smallest absolute Gasteiger partial charge is 0.235 e. The Balaban J connectivity index is 1.52. The first-order valence-corrected chi connectivity index (χ1v) is 7.93. The highest BCUT2D eigenvalue weighted by molar-refractivity contribution is 6.06. The van der Waals surface area contributed by atoms with Crippen molar-refractivity contribution in [2.24, 2.45) is 7.05 Å². The van der Waals surface area contributed by atoms with Crippen molar-refractivity contribution in [1.29, 1.82) is 0 Å². The molecule has 1 saturated heterocycles. The van der Waals surface area contributed by atoms with Gasteiger partial charge in [0.1, 0.15) is 0 Å². The Hall–Kier alpha value is -2.07. The van der Waals surface area contributed by atoms with Crippen LogP contribution in [0, 0.1) is 0 Å². The van der Waals surface area contributed by atoms with Crippen molar-refractivity contribution in [3.8, 4) is 0 Å². The molecule has 3 heterocycles. The number of fused-ring (bicyclic) bond motifs is 2. The first kappa shape index (κ1) is 13.6. The summed E-state index contributed by atoms with van der Waals surface area (Å²) in [5, 5.41) is 3.07. The van der Waals surface area contributed by atoms with Gasteiger partial charge in [0.2, 0.25) is 5.91 Å². The molecule has 0 bridgehead atoms. The number of nitrogens with one attached hydrogen (secondary N) is 1. The van der Waals surface area contributed by atoms with Crippen molar-refractivity contribution in [2.75, 3.05) is 18.4 Å². The molecule has 0 aliphatic carbocycles. The molecular formula is C18H21N3O. The Morgan fingerprint density at radius 2 is 1.91 bits per heavy atom. The van der Waals surface area contributed by atoms with Crippen LogP contribution in [-0.2, 0) is 23.8 Å². The van der Waals surface area contributed by atoms with Crippen molar-refractivity contribution < 1.29 is 4.79 Å². The first-order chi connectivity index (χ1) is 10.7. The van der Waals surface area contributed by atoms with Crippen LogP contribution in [0.2, 0.25) is 0 Å². The molecule has 1 aromatic heterocycles. The first-order valence-electron chi connectivity index (χ1n) is 7.93. The third-order valence-electron chi connectivity index (χ3n) is 5.27. The average Bonchev–Trinajstić information content (AvgIpc) is 3.05. The van der Waals surface area contributed by atoms with E-state index in [1.807, 2.05) is 18.2 Å². The number of carbonyl (C=O) groups is 1. The lowest BCUT2D eigenvalue weighted by atomic mass is 9.73. The van der Waals surface area contributed by atoms with E-state index in [-0.39, 0.29) is 11.3 Å². The number of piperidine rings is 1. The molecule has 2 aliphatic rings. The number of benzene rings is 1. The van der Waals surface area contributed by atoms with Crippen molar-refractivity contribution in [1.82, 2.24) is 9.47 Å². The van der Waals surface area contributed by atoms with Gasteiger partial charge < -0.3 is 9.88 Å². The van der Waals surface area contributed by atoms with E-state index in [2.05, 4.69) is 46.2 Å². The fraction of sp³-hybridized carbons (Fsp3) is 0.389. The summed E-state index contributed by atoms with van der Waals surface area (Å²) in [4.78, 5) is 15.0. The number of carbonyl (C=O) groups excluding carboxylic acids is 1. The molecule has 1 spiro atoms. The van der Waals surface area contributed by atoms with E-state index in [0.717, 1.165) is 38.2 Å². The van der Waals surface area contributed by atoms with E-state index in [1.165, 1.54) is 11.3 Å². The SMILES string of the molecule is Cn1cccc1CN1CCC2(CC1)C(=O)Nc1ccccc12. The third kappa shape index (κ3) is 1.98. The molecule has 0 atom stereocenters. The zero-order valence-electron chi connectivity index (χ0n) is 12.9. The number of hydrogen-bond donors (Lipinski definition) is 1. The fourth-order valence-corrected chi connectivity index (χ4v) is 3.85. The Kier molecular flexibility index (Phi) is 3.08. The molecule has 4 rings (SSSR count). The maximum Gasteiger partial charge on any atom is 0.235 e. The fourth-order valence-electron chi connectivity index (χ4n) is 3.85. The molecule has 1 N–H and O–H groups in total. The van der Waals surface area contributed by atoms with Crippen LogP contribution in [0.3, 0.4) is 0 Å².